The lowest BCUT2D eigenvalue weighted by atomic mass is 10.0. The third-order valence-corrected chi connectivity index (χ3v) is 5.53. The van der Waals surface area contributed by atoms with Crippen molar-refractivity contribution in [2.75, 3.05) is 7.11 Å². The smallest absolute Gasteiger partial charge is 0.338 e. The minimum atomic E-state index is -0.959. The van der Waals surface area contributed by atoms with Crippen LogP contribution < -0.4 is 0 Å². The summed E-state index contributed by atoms with van der Waals surface area (Å²) in [4.78, 5) is 23.7. The number of benzene rings is 2. The molecule has 1 aromatic heterocycles. The summed E-state index contributed by atoms with van der Waals surface area (Å²) in [6, 6.07) is 18.7. The molecular formula is C27H18O5. The van der Waals surface area contributed by atoms with Crippen LogP contribution in [0.5, 0.6) is 0 Å². The number of carbonyl (C=O) groups excluding carboxylic acids is 1. The molecule has 0 atom stereocenters. The zero-order chi connectivity index (χ0) is 22.2. The lowest BCUT2D eigenvalue weighted by Crippen LogP contribution is -2.02. The molecule has 32 heavy (non-hydrogen) atoms. The Labute approximate surface area is 184 Å². The monoisotopic (exact) mass is 422 g/mol. The van der Waals surface area contributed by atoms with E-state index in [0.29, 0.717) is 22.7 Å². The highest BCUT2D eigenvalue weighted by Crippen LogP contribution is 2.38. The van der Waals surface area contributed by atoms with Gasteiger partial charge in [0.25, 0.3) is 0 Å². The first-order valence-electron chi connectivity index (χ1n) is 10.0. The molecule has 2 aliphatic carbocycles. The van der Waals surface area contributed by atoms with Crippen LogP contribution >= 0.6 is 0 Å². The second kappa shape index (κ2) is 7.71. The summed E-state index contributed by atoms with van der Waals surface area (Å²) in [6.07, 6.45) is 7.16. The minimum Gasteiger partial charge on any atom is -0.478 e. The number of carboxylic acids is 1. The normalized spacial score (nSPS) is 16.5. The number of furan rings is 1. The van der Waals surface area contributed by atoms with E-state index in [2.05, 4.69) is 0 Å². The van der Waals surface area contributed by atoms with E-state index in [-0.39, 0.29) is 11.5 Å². The Morgan fingerprint density at radius 3 is 1.72 bits per heavy atom. The molecule has 0 amide bonds. The van der Waals surface area contributed by atoms with Gasteiger partial charge >= 0.3 is 11.9 Å². The number of rotatable bonds is 4. The van der Waals surface area contributed by atoms with E-state index in [9.17, 15) is 14.7 Å². The largest absolute Gasteiger partial charge is 0.478 e. The molecule has 5 nitrogen and oxygen atoms in total. The number of carbonyl (C=O) groups is 2. The molecule has 2 aromatic carbocycles. The van der Waals surface area contributed by atoms with Gasteiger partial charge in [0, 0.05) is 0 Å². The van der Waals surface area contributed by atoms with E-state index in [0.717, 1.165) is 27.8 Å². The van der Waals surface area contributed by atoms with Crippen LogP contribution in [0.2, 0.25) is 0 Å². The third kappa shape index (κ3) is 3.30. The molecule has 0 radical (unpaired) electrons. The molecule has 0 bridgehead atoms. The second-order valence-corrected chi connectivity index (χ2v) is 7.44. The Bertz CT molecular complexity index is 1390. The van der Waals surface area contributed by atoms with Crippen LogP contribution in [-0.4, -0.2) is 24.2 Å². The van der Waals surface area contributed by atoms with Gasteiger partial charge in [0.1, 0.15) is 11.5 Å². The van der Waals surface area contributed by atoms with Crippen molar-refractivity contribution in [3.05, 3.63) is 107 Å². The molecule has 5 rings (SSSR count). The molecule has 0 fully saturated rings. The highest BCUT2D eigenvalue weighted by atomic mass is 16.5. The number of ether oxygens (including phenoxy) is 1. The van der Waals surface area contributed by atoms with Gasteiger partial charge in [0.15, 0.2) is 0 Å². The topological polar surface area (TPSA) is 76.7 Å². The molecule has 0 saturated carbocycles. The molecule has 2 aliphatic rings. The van der Waals surface area contributed by atoms with Gasteiger partial charge in [0.05, 0.1) is 18.3 Å². The van der Waals surface area contributed by atoms with Crippen LogP contribution in [0, 0.1) is 0 Å². The number of esters is 1. The molecule has 0 saturated heterocycles. The Morgan fingerprint density at radius 1 is 0.750 bits per heavy atom. The van der Waals surface area contributed by atoms with Gasteiger partial charge in [-0.05, 0) is 69.8 Å². The molecule has 0 spiro atoms. The van der Waals surface area contributed by atoms with Crippen LogP contribution in [0.4, 0.5) is 0 Å². The Kier molecular flexibility index (Phi) is 4.71. The van der Waals surface area contributed by atoms with E-state index in [1.165, 1.54) is 7.11 Å². The number of hydrogen-bond acceptors (Lipinski definition) is 4. The van der Waals surface area contributed by atoms with E-state index < -0.39 is 5.97 Å². The summed E-state index contributed by atoms with van der Waals surface area (Å²) < 4.78 is 10.9. The summed E-state index contributed by atoms with van der Waals surface area (Å²) in [7, 11) is 1.37. The SMILES string of the molecule is COC(=O)C1=CC(=Cc2ccc(C=C3C=C(C(=O)O)c4ccccc43)o2)c2ccccc21. The highest BCUT2D eigenvalue weighted by Gasteiger charge is 2.24. The lowest BCUT2D eigenvalue weighted by Gasteiger charge is -2.03. The van der Waals surface area contributed by atoms with Crippen molar-refractivity contribution >= 4 is 46.4 Å². The van der Waals surface area contributed by atoms with Crippen molar-refractivity contribution in [2.45, 2.75) is 0 Å². The molecule has 156 valence electrons. The molecule has 3 aromatic rings. The number of fused-ring (bicyclic) bond motifs is 2. The number of methoxy groups -OCH3 is 1. The quantitative estimate of drug-likeness (QED) is 0.569. The Hall–Kier alpha value is -4.38. The van der Waals surface area contributed by atoms with Crippen LogP contribution in [0.25, 0.3) is 34.4 Å². The zero-order valence-corrected chi connectivity index (χ0v) is 17.2. The number of hydrogen-bond donors (Lipinski definition) is 1. The average molecular weight is 422 g/mol. The minimum absolute atomic E-state index is 0.267. The van der Waals surface area contributed by atoms with Gasteiger partial charge in [-0.15, -0.1) is 0 Å². The summed E-state index contributed by atoms with van der Waals surface area (Å²) >= 11 is 0. The van der Waals surface area contributed by atoms with E-state index in [4.69, 9.17) is 9.15 Å². The molecule has 5 heteroatoms. The van der Waals surface area contributed by atoms with E-state index >= 15 is 0 Å². The maximum atomic E-state index is 12.2. The standard InChI is InChI=1S/C27H18O5/c1-31-27(30)25-15-17(21-7-3-5-9-23(21)25)13-19-11-10-18(32-19)12-16-14-24(26(28)29)22-8-4-2-6-20(16)22/h2-15H,1H3,(H,28,29). The van der Waals surface area contributed by atoms with Gasteiger partial charge in [-0.2, -0.15) is 0 Å². The number of carboxylic acid groups (broad SMARTS) is 1. The fourth-order valence-electron chi connectivity index (χ4n) is 4.09. The number of allylic oxidation sites excluding steroid dienone is 4. The van der Waals surface area contributed by atoms with Gasteiger partial charge in [-0.25, -0.2) is 9.59 Å². The van der Waals surface area contributed by atoms with Gasteiger partial charge < -0.3 is 14.3 Å². The predicted molar refractivity (Wildman–Crippen MR) is 123 cm³/mol. The molecule has 0 aliphatic heterocycles. The molecule has 0 unspecified atom stereocenters. The lowest BCUT2D eigenvalue weighted by molar-refractivity contribution is -0.133. The van der Waals surface area contributed by atoms with Gasteiger partial charge in [-0.3, -0.25) is 0 Å². The van der Waals surface area contributed by atoms with Crippen molar-refractivity contribution < 1.29 is 23.8 Å². The van der Waals surface area contributed by atoms with Crippen LogP contribution in [0.1, 0.15) is 33.8 Å². The van der Waals surface area contributed by atoms with Gasteiger partial charge in [-0.1, -0.05) is 48.5 Å². The zero-order valence-electron chi connectivity index (χ0n) is 17.2. The number of aliphatic carboxylic acids is 1. The maximum absolute atomic E-state index is 12.2. The van der Waals surface area contributed by atoms with Gasteiger partial charge in [0.2, 0.25) is 0 Å². The summed E-state index contributed by atoms with van der Waals surface area (Å²) in [6.45, 7) is 0. The Balaban J connectivity index is 1.51. The van der Waals surface area contributed by atoms with Crippen LogP contribution in [0.15, 0.2) is 77.2 Å². The van der Waals surface area contributed by atoms with Crippen molar-refractivity contribution in [2.24, 2.45) is 0 Å². The van der Waals surface area contributed by atoms with E-state index in [1.54, 1.807) is 18.2 Å². The van der Waals surface area contributed by atoms with Crippen LogP contribution in [-0.2, 0) is 14.3 Å². The highest BCUT2D eigenvalue weighted by molar-refractivity contribution is 6.24. The maximum Gasteiger partial charge on any atom is 0.338 e. The fraction of sp³-hybridized carbons (Fsp3) is 0.0370. The average Bonchev–Trinajstić information content (AvgIpc) is 3.50. The van der Waals surface area contributed by atoms with Crippen molar-refractivity contribution in [1.29, 1.82) is 0 Å². The first kappa shape index (κ1) is 19.6. The summed E-state index contributed by atoms with van der Waals surface area (Å²) in [5, 5.41) is 9.50. The first-order valence-corrected chi connectivity index (χ1v) is 10.0. The molecule has 1 N–H and O–H groups in total. The second-order valence-electron chi connectivity index (χ2n) is 7.44. The third-order valence-electron chi connectivity index (χ3n) is 5.53. The predicted octanol–water partition coefficient (Wildman–Crippen LogP) is 5.41. The van der Waals surface area contributed by atoms with Crippen LogP contribution in [0.3, 0.4) is 0 Å². The first-order chi connectivity index (χ1) is 15.5. The summed E-state index contributed by atoms with van der Waals surface area (Å²) in [5.74, 6) is -0.115. The van der Waals surface area contributed by atoms with E-state index in [1.807, 2.05) is 66.7 Å². The van der Waals surface area contributed by atoms with Crippen molar-refractivity contribution in [1.82, 2.24) is 0 Å². The van der Waals surface area contributed by atoms with Crippen molar-refractivity contribution in [3.63, 3.8) is 0 Å². The van der Waals surface area contributed by atoms with Crippen molar-refractivity contribution in [3.8, 4) is 0 Å². The fourth-order valence-corrected chi connectivity index (χ4v) is 4.09. The summed E-state index contributed by atoms with van der Waals surface area (Å²) in [5.41, 5.74) is 5.73. The Morgan fingerprint density at radius 2 is 1.22 bits per heavy atom. The molecular weight excluding hydrogens is 404 g/mol. The molecule has 1 heterocycles.